The van der Waals surface area contributed by atoms with Gasteiger partial charge in [0.2, 0.25) is 11.8 Å². The lowest BCUT2D eigenvalue weighted by Crippen LogP contribution is -2.48. The number of primary amides is 1. The van der Waals surface area contributed by atoms with Crippen molar-refractivity contribution in [3.63, 3.8) is 0 Å². The summed E-state index contributed by atoms with van der Waals surface area (Å²) in [6, 6.07) is 4.72. The first-order valence-corrected chi connectivity index (χ1v) is 6.96. The van der Waals surface area contributed by atoms with Gasteiger partial charge in [0.1, 0.15) is 6.04 Å². The first-order valence-electron chi connectivity index (χ1n) is 5.98. The summed E-state index contributed by atoms with van der Waals surface area (Å²) in [4.78, 5) is 25.7. The van der Waals surface area contributed by atoms with Crippen LogP contribution in [0.15, 0.2) is 23.1 Å². The summed E-state index contributed by atoms with van der Waals surface area (Å²) in [6.45, 7) is 3.26. The van der Waals surface area contributed by atoms with Gasteiger partial charge in [-0.3, -0.25) is 14.5 Å². The molecule has 6 heteroatoms. The largest absolute Gasteiger partial charge is 0.389 e. The number of rotatable bonds is 3. The molecule has 2 atom stereocenters. The van der Waals surface area contributed by atoms with Gasteiger partial charge in [-0.15, -0.1) is 11.8 Å². The zero-order valence-electron chi connectivity index (χ0n) is 10.8. The van der Waals surface area contributed by atoms with Crippen molar-refractivity contribution in [1.82, 2.24) is 0 Å². The van der Waals surface area contributed by atoms with Gasteiger partial charge in [0.05, 0.1) is 17.5 Å². The number of benzene rings is 1. The minimum atomic E-state index is -0.698. The van der Waals surface area contributed by atoms with Gasteiger partial charge in [-0.2, -0.15) is 0 Å². The van der Waals surface area contributed by atoms with Crippen molar-refractivity contribution in [2.45, 2.75) is 30.9 Å². The summed E-state index contributed by atoms with van der Waals surface area (Å²) in [5.41, 5.74) is 6.64. The summed E-state index contributed by atoms with van der Waals surface area (Å²) < 4.78 is 0. The normalized spacial score (nSPS) is 17.8. The molecule has 0 saturated carbocycles. The molecule has 0 radical (unpaired) electrons. The summed E-state index contributed by atoms with van der Waals surface area (Å²) >= 11 is 1.43. The molecule has 2 unspecified atom stereocenters. The number of nitrogens with zero attached hydrogens (tertiary/aromatic N) is 1. The second-order valence-electron chi connectivity index (χ2n) is 4.53. The SMILES string of the molecule is CC(O)c1ccc2c(c1)N(C(C)C(N)=O)C(=O)CS2. The monoisotopic (exact) mass is 280 g/mol. The van der Waals surface area contributed by atoms with Crippen LogP contribution in [-0.4, -0.2) is 28.7 Å². The number of aliphatic hydroxyl groups excluding tert-OH is 1. The van der Waals surface area contributed by atoms with E-state index < -0.39 is 18.1 Å². The van der Waals surface area contributed by atoms with Gasteiger partial charge in [-0.05, 0) is 31.5 Å². The van der Waals surface area contributed by atoms with E-state index in [0.29, 0.717) is 17.0 Å². The summed E-state index contributed by atoms with van der Waals surface area (Å²) in [5.74, 6) is -0.404. The number of fused-ring (bicyclic) bond motifs is 1. The van der Waals surface area contributed by atoms with Crippen LogP contribution in [-0.2, 0) is 9.59 Å². The fourth-order valence-electron chi connectivity index (χ4n) is 2.00. The molecular weight excluding hydrogens is 264 g/mol. The molecule has 0 aromatic heterocycles. The molecule has 1 aliphatic heterocycles. The van der Waals surface area contributed by atoms with E-state index in [1.54, 1.807) is 19.9 Å². The summed E-state index contributed by atoms with van der Waals surface area (Å²) in [7, 11) is 0. The third-order valence-corrected chi connectivity index (χ3v) is 4.19. The molecule has 1 aromatic carbocycles. The minimum Gasteiger partial charge on any atom is -0.389 e. The van der Waals surface area contributed by atoms with E-state index >= 15 is 0 Å². The van der Waals surface area contributed by atoms with Gasteiger partial charge < -0.3 is 10.8 Å². The third-order valence-electron chi connectivity index (χ3n) is 3.14. The Labute approximate surface area is 115 Å². The molecule has 0 fully saturated rings. The van der Waals surface area contributed by atoms with Crippen LogP contribution >= 0.6 is 11.8 Å². The summed E-state index contributed by atoms with van der Waals surface area (Å²) in [5, 5.41) is 9.62. The Kier molecular flexibility index (Phi) is 3.82. The molecule has 102 valence electrons. The van der Waals surface area contributed by atoms with Gasteiger partial charge in [0, 0.05) is 4.90 Å². The van der Waals surface area contributed by atoms with Gasteiger partial charge >= 0.3 is 0 Å². The second kappa shape index (κ2) is 5.22. The molecule has 2 rings (SSSR count). The average Bonchev–Trinajstić information content (AvgIpc) is 2.37. The van der Waals surface area contributed by atoms with Crippen LogP contribution in [0.25, 0.3) is 0 Å². The second-order valence-corrected chi connectivity index (χ2v) is 5.55. The van der Waals surface area contributed by atoms with Gasteiger partial charge in [-0.25, -0.2) is 0 Å². The van der Waals surface area contributed by atoms with Crippen molar-refractivity contribution < 1.29 is 14.7 Å². The van der Waals surface area contributed by atoms with Crippen LogP contribution in [0.2, 0.25) is 0 Å². The Hall–Kier alpha value is -1.53. The fraction of sp³-hybridized carbons (Fsp3) is 0.385. The zero-order chi connectivity index (χ0) is 14.2. The smallest absolute Gasteiger partial charge is 0.240 e. The lowest BCUT2D eigenvalue weighted by atomic mass is 10.1. The van der Waals surface area contributed by atoms with Crippen LogP contribution in [0, 0.1) is 0 Å². The lowest BCUT2D eigenvalue weighted by molar-refractivity contribution is -0.123. The number of thioether (sulfide) groups is 1. The quantitative estimate of drug-likeness (QED) is 0.867. The van der Waals surface area contributed by atoms with Gasteiger partial charge in [0.25, 0.3) is 0 Å². The van der Waals surface area contributed by atoms with Crippen LogP contribution < -0.4 is 10.6 Å². The van der Waals surface area contributed by atoms with Gasteiger partial charge in [-0.1, -0.05) is 6.07 Å². The Morgan fingerprint density at radius 1 is 1.47 bits per heavy atom. The van der Waals surface area contributed by atoms with E-state index in [-0.39, 0.29) is 5.91 Å². The van der Waals surface area contributed by atoms with Crippen molar-refractivity contribution in [2.24, 2.45) is 5.73 Å². The van der Waals surface area contributed by atoms with Crippen LogP contribution in [0.3, 0.4) is 0 Å². The summed E-state index contributed by atoms with van der Waals surface area (Å²) in [6.07, 6.45) is -0.627. The average molecular weight is 280 g/mol. The maximum atomic E-state index is 12.0. The van der Waals surface area contributed by atoms with E-state index in [1.165, 1.54) is 16.7 Å². The number of nitrogens with two attached hydrogens (primary N) is 1. The van der Waals surface area contributed by atoms with E-state index in [2.05, 4.69) is 0 Å². The van der Waals surface area contributed by atoms with Crippen molar-refractivity contribution in [3.8, 4) is 0 Å². The highest BCUT2D eigenvalue weighted by molar-refractivity contribution is 8.00. The number of carbonyl (C=O) groups is 2. The van der Waals surface area contributed by atoms with E-state index in [9.17, 15) is 14.7 Å². The number of anilines is 1. The predicted molar refractivity (Wildman–Crippen MR) is 73.9 cm³/mol. The van der Waals surface area contributed by atoms with Crippen LogP contribution in [0.1, 0.15) is 25.5 Å². The number of hydrogen-bond donors (Lipinski definition) is 2. The van der Waals surface area contributed by atoms with E-state index in [0.717, 1.165) is 4.90 Å². The predicted octanol–water partition coefficient (Wildman–Crippen LogP) is 1.05. The van der Waals surface area contributed by atoms with Crippen molar-refractivity contribution >= 4 is 29.3 Å². The third kappa shape index (κ3) is 2.59. The Morgan fingerprint density at radius 3 is 2.74 bits per heavy atom. The van der Waals surface area contributed by atoms with Crippen LogP contribution in [0.5, 0.6) is 0 Å². The number of amides is 2. The lowest BCUT2D eigenvalue weighted by Gasteiger charge is -2.32. The topological polar surface area (TPSA) is 83.6 Å². The molecular formula is C13H16N2O3S. The number of hydrogen-bond acceptors (Lipinski definition) is 4. The molecule has 1 aliphatic rings. The maximum absolute atomic E-state index is 12.0. The van der Waals surface area contributed by atoms with E-state index in [1.807, 2.05) is 12.1 Å². The number of carbonyl (C=O) groups excluding carboxylic acids is 2. The van der Waals surface area contributed by atoms with Crippen molar-refractivity contribution in [3.05, 3.63) is 23.8 Å². The molecule has 0 spiro atoms. The van der Waals surface area contributed by atoms with E-state index in [4.69, 9.17) is 5.73 Å². The molecule has 1 heterocycles. The highest BCUT2D eigenvalue weighted by atomic mass is 32.2. The van der Waals surface area contributed by atoms with Crippen molar-refractivity contribution in [2.75, 3.05) is 10.7 Å². The molecule has 0 bridgehead atoms. The highest BCUT2D eigenvalue weighted by Gasteiger charge is 2.31. The Bertz CT molecular complexity index is 531. The Morgan fingerprint density at radius 2 is 2.16 bits per heavy atom. The zero-order valence-corrected chi connectivity index (χ0v) is 11.6. The first kappa shape index (κ1) is 13.9. The molecule has 2 amide bonds. The molecule has 19 heavy (non-hydrogen) atoms. The van der Waals surface area contributed by atoms with Gasteiger partial charge in [0.15, 0.2) is 0 Å². The Balaban J connectivity index is 2.50. The number of aliphatic hydroxyl groups is 1. The standard InChI is InChI=1S/C13H16N2O3S/c1-7(13(14)18)15-10-5-9(8(2)16)3-4-11(10)19-6-12(15)17/h3-5,7-8,16H,6H2,1-2H3,(H2,14,18). The minimum absolute atomic E-state index is 0.147. The van der Waals surface area contributed by atoms with Crippen LogP contribution in [0.4, 0.5) is 5.69 Å². The molecule has 0 saturated heterocycles. The fourth-order valence-corrected chi connectivity index (χ4v) is 2.89. The maximum Gasteiger partial charge on any atom is 0.240 e. The molecule has 5 nitrogen and oxygen atoms in total. The molecule has 0 aliphatic carbocycles. The first-order chi connectivity index (χ1) is 8.91. The van der Waals surface area contributed by atoms with Crippen molar-refractivity contribution in [1.29, 1.82) is 0 Å². The molecule has 1 aromatic rings. The highest BCUT2D eigenvalue weighted by Crippen LogP contribution is 2.38. The molecule has 3 N–H and O–H groups in total.